The Hall–Kier alpha value is -0.830. The first-order valence-corrected chi connectivity index (χ1v) is 6.92. The molecule has 3 heteroatoms. The van der Waals surface area contributed by atoms with Crippen molar-refractivity contribution in [1.82, 2.24) is 5.32 Å². The third-order valence-electron chi connectivity index (χ3n) is 2.50. The Bertz CT molecular complexity index is 490. The molecule has 0 saturated heterocycles. The fourth-order valence-electron chi connectivity index (χ4n) is 1.63. The number of thiophene rings is 1. The first kappa shape index (κ1) is 12.6. The molecule has 1 aromatic carbocycles. The van der Waals surface area contributed by atoms with E-state index >= 15 is 0 Å². The van der Waals surface area contributed by atoms with E-state index in [1.54, 1.807) is 11.3 Å². The van der Waals surface area contributed by atoms with Crippen molar-refractivity contribution < 1.29 is 0 Å². The zero-order chi connectivity index (χ0) is 12.3. The average Bonchev–Trinajstić information content (AvgIpc) is 2.74. The molecule has 1 N–H and O–H groups in total. The molecule has 0 aliphatic heterocycles. The molecule has 0 amide bonds. The van der Waals surface area contributed by atoms with Crippen molar-refractivity contribution in [2.45, 2.75) is 26.4 Å². The van der Waals surface area contributed by atoms with Gasteiger partial charge in [-0.05, 0) is 29.3 Å². The number of hydrogen-bond acceptors (Lipinski definition) is 2. The van der Waals surface area contributed by atoms with E-state index in [1.807, 2.05) is 6.07 Å². The molecular formula is C14H16ClNS. The van der Waals surface area contributed by atoms with Crippen molar-refractivity contribution >= 4 is 22.9 Å². The van der Waals surface area contributed by atoms with Crippen LogP contribution in [0.15, 0.2) is 36.4 Å². The van der Waals surface area contributed by atoms with Crippen LogP contribution >= 0.6 is 22.9 Å². The summed E-state index contributed by atoms with van der Waals surface area (Å²) < 4.78 is 0.839. The van der Waals surface area contributed by atoms with Gasteiger partial charge in [-0.1, -0.05) is 43.6 Å². The third-order valence-corrected chi connectivity index (χ3v) is 3.78. The maximum absolute atomic E-state index is 5.96. The van der Waals surface area contributed by atoms with Gasteiger partial charge in [-0.3, -0.25) is 0 Å². The van der Waals surface area contributed by atoms with Crippen LogP contribution in [0.3, 0.4) is 0 Å². The van der Waals surface area contributed by atoms with Gasteiger partial charge in [0.05, 0.1) is 4.34 Å². The summed E-state index contributed by atoms with van der Waals surface area (Å²) in [6.07, 6.45) is 0. The molecule has 0 spiro atoms. The van der Waals surface area contributed by atoms with Gasteiger partial charge in [-0.15, -0.1) is 11.3 Å². The first-order valence-electron chi connectivity index (χ1n) is 5.73. The van der Waals surface area contributed by atoms with Crippen molar-refractivity contribution in [3.05, 3.63) is 46.3 Å². The molecule has 0 radical (unpaired) electrons. The van der Waals surface area contributed by atoms with Crippen LogP contribution in [0.5, 0.6) is 0 Å². The zero-order valence-electron chi connectivity index (χ0n) is 10.0. The SMILES string of the molecule is CC(C)NCc1cccc(-c2ccc(Cl)s2)c1. The van der Waals surface area contributed by atoms with E-state index < -0.39 is 0 Å². The van der Waals surface area contributed by atoms with Gasteiger partial charge in [0, 0.05) is 17.5 Å². The highest BCUT2D eigenvalue weighted by atomic mass is 35.5. The Kier molecular flexibility index (Phi) is 4.21. The lowest BCUT2D eigenvalue weighted by molar-refractivity contribution is 0.589. The molecule has 1 heterocycles. The molecular weight excluding hydrogens is 250 g/mol. The van der Waals surface area contributed by atoms with E-state index in [-0.39, 0.29) is 0 Å². The predicted octanol–water partition coefficient (Wildman–Crippen LogP) is 4.57. The summed E-state index contributed by atoms with van der Waals surface area (Å²) in [7, 11) is 0. The van der Waals surface area contributed by atoms with E-state index in [1.165, 1.54) is 16.0 Å². The molecule has 0 atom stereocenters. The van der Waals surface area contributed by atoms with E-state index in [4.69, 9.17) is 11.6 Å². The minimum absolute atomic E-state index is 0.509. The summed E-state index contributed by atoms with van der Waals surface area (Å²) in [5, 5.41) is 3.42. The summed E-state index contributed by atoms with van der Waals surface area (Å²) in [5.41, 5.74) is 2.55. The Balaban J connectivity index is 2.16. The molecule has 1 nitrogen and oxygen atoms in total. The fourth-order valence-corrected chi connectivity index (χ4v) is 2.67. The topological polar surface area (TPSA) is 12.0 Å². The lowest BCUT2D eigenvalue weighted by atomic mass is 10.1. The summed E-state index contributed by atoms with van der Waals surface area (Å²) in [4.78, 5) is 1.22. The van der Waals surface area contributed by atoms with Gasteiger partial charge in [0.25, 0.3) is 0 Å². The number of rotatable bonds is 4. The van der Waals surface area contributed by atoms with E-state index in [9.17, 15) is 0 Å². The normalized spacial score (nSPS) is 11.1. The van der Waals surface area contributed by atoms with Crippen LogP contribution in [-0.4, -0.2) is 6.04 Å². The van der Waals surface area contributed by atoms with Gasteiger partial charge < -0.3 is 5.32 Å². The molecule has 17 heavy (non-hydrogen) atoms. The van der Waals surface area contributed by atoms with E-state index in [2.05, 4.69) is 49.5 Å². The summed E-state index contributed by atoms with van der Waals surface area (Å²) in [6.45, 7) is 5.22. The van der Waals surface area contributed by atoms with Crippen LogP contribution < -0.4 is 5.32 Å². The van der Waals surface area contributed by atoms with Crippen LogP contribution in [0, 0.1) is 0 Å². The van der Waals surface area contributed by atoms with E-state index in [0.29, 0.717) is 6.04 Å². The number of halogens is 1. The molecule has 0 fully saturated rings. The Labute approximate surface area is 111 Å². The quantitative estimate of drug-likeness (QED) is 0.854. The van der Waals surface area contributed by atoms with Gasteiger partial charge in [-0.25, -0.2) is 0 Å². The standard InChI is InChI=1S/C14H16ClNS/c1-10(2)16-9-11-4-3-5-12(8-11)13-6-7-14(15)17-13/h3-8,10,16H,9H2,1-2H3. The van der Waals surface area contributed by atoms with Gasteiger partial charge >= 0.3 is 0 Å². The second-order valence-corrected chi connectivity index (χ2v) is 6.05. The summed E-state index contributed by atoms with van der Waals surface area (Å²) in [6, 6.07) is 13.1. The molecule has 0 bridgehead atoms. The van der Waals surface area contributed by atoms with Gasteiger partial charge in [0.15, 0.2) is 0 Å². The number of benzene rings is 1. The summed E-state index contributed by atoms with van der Waals surface area (Å²) >= 11 is 7.58. The van der Waals surface area contributed by atoms with Crippen LogP contribution in [0.2, 0.25) is 4.34 Å². The van der Waals surface area contributed by atoms with Gasteiger partial charge in [-0.2, -0.15) is 0 Å². The highest BCUT2D eigenvalue weighted by Gasteiger charge is 2.03. The Morgan fingerprint density at radius 2 is 2.06 bits per heavy atom. The van der Waals surface area contributed by atoms with Gasteiger partial charge in [0.1, 0.15) is 0 Å². The number of hydrogen-bond donors (Lipinski definition) is 1. The van der Waals surface area contributed by atoms with Crippen LogP contribution in [-0.2, 0) is 6.54 Å². The summed E-state index contributed by atoms with van der Waals surface area (Å²) in [5.74, 6) is 0. The van der Waals surface area contributed by atoms with E-state index in [0.717, 1.165) is 10.9 Å². The lowest BCUT2D eigenvalue weighted by Crippen LogP contribution is -2.21. The number of nitrogens with one attached hydrogen (secondary N) is 1. The molecule has 0 unspecified atom stereocenters. The van der Waals surface area contributed by atoms with Crippen LogP contribution in [0.25, 0.3) is 10.4 Å². The minimum Gasteiger partial charge on any atom is -0.310 e. The first-order chi connectivity index (χ1) is 8.15. The zero-order valence-corrected chi connectivity index (χ0v) is 11.6. The van der Waals surface area contributed by atoms with Crippen molar-refractivity contribution in [1.29, 1.82) is 0 Å². The Morgan fingerprint density at radius 3 is 2.71 bits per heavy atom. The molecule has 1 aromatic heterocycles. The van der Waals surface area contributed by atoms with Crippen molar-refractivity contribution in [2.75, 3.05) is 0 Å². The van der Waals surface area contributed by atoms with Crippen molar-refractivity contribution in [3.63, 3.8) is 0 Å². The van der Waals surface area contributed by atoms with Crippen LogP contribution in [0.4, 0.5) is 0 Å². The van der Waals surface area contributed by atoms with Crippen LogP contribution in [0.1, 0.15) is 19.4 Å². The largest absolute Gasteiger partial charge is 0.310 e. The smallest absolute Gasteiger partial charge is 0.0934 e. The highest BCUT2D eigenvalue weighted by Crippen LogP contribution is 2.31. The Morgan fingerprint density at radius 1 is 1.24 bits per heavy atom. The molecule has 90 valence electrons. The molecule has 0 saturated carbocycles. The molecule has 0 aliphatic rings. The van der Waals surface area contributed by atoms with Crippen molar-refractivity contribution in [3.8, 4) is 10.4 Å². The van der Waals surface area contributed by atoms with Gasteiger partial charge in [0.2, 0.25) is 0 Å². The maximum Gasteiger partial charge on any atom is 0.0934 e. The fraction of sp³-hybridized carbons (Fsp3) is 0.286. The molecule has 0 aliphatic carbocycles. The third kappa shape index (κ3) is 3.56. The van der Waals surface area contributed by atoms with Crippen molar-refractivity contribution in [2.24, 2.45) is 0 Å². The predicted molar refractivity (Wildman–Crippen MR) is 76.7 cm³/mol. The average molecular weight is 266 g/mol. The monoisotopic (exact) mass is 265 g/mol. The minimum atomic E-state index is 0.509. The molecule has 2 aromatic rings. The highest BCUT2D eigenvalue weighted by molar-refractivity contribution is 7.19. The second-order valence-electron chi connectivity index (χ2n) is 4.34. The second kappa shape index (κ2) is 5.67. The maximum atomic E-state index is 5.96. The lowest BCUT2D eigenvalue weighted by Gasteiger charge is -2.08. The molecule has 2 rings (SSSR count).